The van der Waals surface area contributed by atoms with Gasteiger partial charge in [0.2, 0.25) is 0 Å². The third kappa shape index (κ3) is 1.61. The Labute approximate surface area is 98.6 Å². The van der Waals surface area contributed by atoms with Gasteiger partial charge in [0, 0.05) is 0 Å². The number of hydrogen-bond acceptors (Lipinski definition) is 2. The van der Waals surface area contributed by atoms with Gasteiger partial charge in [0.05, 0.1) is 10.9 Å². The fourth-order valence-electron chi connectivity index (χ4n) is 1.86. The molecule has 1 heterocycles. The topological polar surface area (TPSA) is 39.8 Å². The van der Waals surface area contributed by atoms with Crippen LogP contribution in [0.25, 0.3) is 22.3 Å². The highest BCUT2D eigenvalue weighted by Crippen LogP contribution is 2.15. The average Bonchev–Trinajstić information content (AvgIpc) is 2.40. The molecule has 3 nitrogen and oxygen atoms in total. The minimum atomic E-state index is 0.435. The smallest absolute Gasteiger partial charge is 0.333 e. The molecule has 0 fully saturated rings. The van der Waals surface area contributed by atoms with Crippen LogP contribution >= 0.6 is 0 Å². The molecule has 0 bridgehead atoms. The van der Waals surface area contributed by atoms with E-state index in [0.29, 0.717) is 11.3 Å². The Morgan fingerprint density at radius 1 is 0.882 bits per heavy atom. The lowest BCUT2D eigenvalue weighted by molar-refractivity contribution is -0.568. The molecule has 0 atom stereocenters. The van der Waals surface area contributed by atoms with Gasteiger partial charge < -0.3 is 5.21 Å². The summed E-state index contributed by atoms with van der Waals surface area (Å²) in [5.74, 6) is 0.435. The summed E-state index contributed by atoms with van der Waals surface area (Å²) in [7, 11) is 0. The van der Waals surface area contributed by atoms with Gasteiger partial charge in [0.15, 0.2) is 6.20 Å². The summed E-state index contributed by atoms with van der Waals surface area (Å²) < 4.78 is 0.880. The van der Waals surface area contributed by atoms with Crippen LogP contribution < -0.4 is 4.73 Å². The van der Waals surface area contributed by atoms with Crippen molar-refractivity contribution in [1.29, 1.82) is 0 Å². The van der Waals surface area contributed by atoms with Crippen LogP contribution in [-0.2, 0) is 0 Å². The number of benzene rings is 2. The zero-order valence-corrected chi connectivity index (χ0v) is 9.08. The summed E-state index contributed by atoms with van der Waals surface area (Å²) in [6, 6.07) is 16.9. The molecule has 82 valence electrons. The molecule has 0 aliphatic carbocycles. The molecule has 0 unspecified atom stereocenters. The first-order valence-electron chi connectivity index (χ1n) is 5.39. The first-order valence-corrected chi connectivity index (χ1v) is 5.39. The number of rotatable bonds is 1. The van der Waals surface area contributed by atoms with Crippen molar-refractivity contribution in [1.82, 2.24) is 4.98 Å². The van der Waals surface area contributed by atoms with Crippen molar-refractivity contribution in [2.75, 3.05) is 0 Å². The van der Waals surface area contributed by atoms with Crippen molar-refractivity contribution in [2.24, 2.45) is 0 Å². The van der Waals surface area contributed by atoms with E-state index < -0.39 is 0 Å². The molecular formula is C14H10N2O. The van der Waals surface area contributed by atoms with Crippen LogP contribution in [0.2, 0.25) is 0 Å². The Kier molecular flexibility index (Phi) is 2.22. The number of nitrogens with zero attached hydrogens (tertiary/aromatic N) is 2. The van der Waals surface area contributed by atoms with Crippen LogP contribution in [0.4, 0.5) is 0 Å². The van der Waals surface area contributed by atoms with E-state index >= 15 is 0 Å². The van der Waals surface area contributed by atoms with Gasteiger partial charge in [-0.1, -0.05) is 30.3 Å². The minimum absolute atomic E-state index is 0.435. The summed E-state index contributed by atoms with van der Waals surface area (Å²) in [6.45, 7) is 0. The van der Waals surface area contributed by atoms with Crippen molar-refractivity contribution in [3.05, 3.63) is 66.0 Å². The number of aromatic nitrogens is 2. The second kappa shape index (κ2) is 3.87. The fourth-order valence-corrected chi connectivity index (χ4v) is 1.86. The second-order valence-corrected chi connectivity index (χ2v) is 3.80. The molecular weight excluding hydrogens is 212 g/mol. The van der Waals surface area contributed by atoms with Crippen molar-refractivity contribution < 1.29 is 4.73 Å². The van der Waals surface area contributed by atoms with Gasteiger partial charge in [-0.15, -0.1) is 0 Å². The van der Waals surface area contributed by atoms with E-state index in [0.717, 1.165) is 15.7 Å². The van der Waals surface area contributed by atoms with Crippen molar-refractivity contribution in [3.63, 3.8) is 0 Å². The molecule has 0 radical (unpaired) electrons. The molecule has 0 spiro atoms. The van der Waals surface area contributed by atoms with Crippen LogP contribution in [0, 0.1) is 5.21 Å². The Morgan fingerprint density at radius 2 is 1.59 bits per heavy atom. The van der Waals surface area contributed by atoms with Gasteiger partial charge in [0.1, 0.15) is 5.52 Å². The molecule has 0 aliphatic heterocycles. The normalized spacial score (nSPS) is 10.6. The Hall–Kier alpha value is -2.42. The number of hydrogen-bond donors (Lipinski definition) is 0. The van der Waals surface area contributed by atoms with Gasteiger partial charge in [-0.25, -0.2) is 4.73 Å². The maximum Gasteiger partial charge on any atom is 0.333 e. The fraction of sp³-hybridized carbons (Fsp3) is 0. The van der Waals surface area contributed by atoms with Gasteiger partial charge >= 0.3 is 5.82 Å². The average molecular weight is 222 g/mol. The zero-order valence-electron chi connectivity index (χ0n) is 9.08. The van der Waals surface area contributed by atoms with E-state index in [1.165, 1.54) is 0 Å². The van der Waals surface area contributed by atoms with E-state index in [1.807, 2.05) is 48.5 Å². The van der Waals surface area contributed by atoms with E-state index in [9.17, 15) is 5.21 Å². The van der Waals surface area contributed by atoms with Crippen molar-refractivity contribution in [2.45, 2.75) is 0 Å². The van der Waals surface area contributed by atoms with E-state index in [4.69, 9.17) is 0 Å². The molecule has 17 heavy (non-hydrogen) atoms. The molecule has 1 aromatic heterocycles. The quantitative estimate of drug-likeness (QED) is 0.469. The monoisotopic (exact) mass is 222 g/mol. The van der Waals surface area contributed by atoms with Gasteiger partial charge in [-0.05, 0) is 29.2 Å². The zero-order chi connectivity index (χ0) is 11.7. The van der Waals surface area contributed by atoms with E-state index in [-0.39, 0.29) is 0 Å². The van der Waals surface area contributed by atoms with Crippen LogP contribution in [-0.4, -0.2) is 4.98 Å². The highest BCUT2D eigenvalue weighted by Gasteiger charge is 2.12. The van der Waals surface area contributed by atoms with Crippen molar-refractivity contribution >= 4 is 10.9 Å². The molecule has 3 rings (SSSR count). The largest absolute Gasteiger partial charge is 0.710 e. The minimum Gasteiger partial charge on any atom is -0.710 e. The lowest BCUT2D eigenvalue weighted by atomic mass is 10.2. The standard InChI is InChI=1S/C14H10N2O/c17-16-13-9-5-4-8-12(13)10-15-14(16)11-6-2-1-3-7-11/h1-10H. The Morgan fingerprint density at radius 3 is 2.41 bits per heavy atom. The summed E-state index contributed by atoms with van der Waals surface area (Å²) in [4.78, 5) is 4.23. The third-order valence-electron chi connectivity index (χ3n) is 2.71. The highest BCUT2D eigenvalue weighted by atomic mass is 16.5. The molecule has 0 saturated carbocycles. The molecule has 0 aliphatic rings. The molecule has 0 saturated heterocycles. The molecule has 0 amide bonds. The van der Waals surface area contributed by atoms with Gasteiger partial charge in [-0.3, -0.25) is 0 Å². The summed E-state index contributed by atoms with van der Waals surface area (Å²) in [5, 5.41) is 13.0. The lowest BCUT2D eigenvalue weighted by Gasteiger charge is -2.08. The van der Waals surface area contributed by atoms with E-state index in [1.54, 1.807) is 12.3 Å². The van der Waals surface area contributed by atoms with Crippen LogP contribution in [0.15, 0.2) is 60.8 Å². The summed E-state index contributed by atoms with van der Waals surface area (Å²) >= 11 is 0. The lowest BCUT2D eigenvalue weighted by Crippen LogP contribution is -2.31. The predicted octanol–water partition coefficient (Wildman–Crippen LogP) is 2.54. The maximum absolute atomic E-state index is 12.2. The maximum atomic E-state index is 12.2. The molecule has 3 heteroatoms. The molecule has 2 aromatic carbocycles. The Balaban J connectivity index is 2.29. The highest BCUT2D eigenvalue weighted by molar-refractivity contribution is 5.75. The van der Waals surface area contributed by atoms with Gasteiger partial charge in [-0.2, -0.15) is 0 Å². The van der Waals surface area contributed by atoms with Crippen LogP contribution in [0.3, 0.4) is 0 Å². The molecule has 3 aromatic rings. The van der Waals surface area contributed by atoms with Crippen molar-refractivity contribution in [3.8, 4) is 11.4 Å². The SMILES string of the molecule is [O-][n+]1c(-c2ccccc2)ncc2ccccc21. The Bertz CT molecular complexity index is 665. The second-order valence-electron chi connectivity index (χ2n) is 3.80. The summed E-state index contributed by atoms with van der Waals surface area (Å²) in [5.41, 5.74) is 1.47. The first-order chi connectivity index (χ1) is 8.36. The van der Waals surface area contributed by atoms with E-state index in [2.05, 4.69) is 4.98 Å². The number of para-hydroxylation sites is 1. The first kappa shape index (κ1) is 9.78. The molecule has 0 N–H and O–H groups in total. The van der Waals surface area contributed by atoms with Crippen LogP contribution in [0.1, 0.15) is 0 Å². The third-order valence-corrected chi connectivity index (χ3v) is 2.71. The van der Waals surface area contributed by atoms with Gasteiger partial charge in [0.25, 0.3) is 0 Å². The number of fused-ring (bicyclic) bond motifs is 1. The summed E-state index contributed by atoms with van der Waals surface area (Å²) in [6.07, 6.45) is 1.73. The van der Waals surface area contributed by atoms with Crippen LogP contribution in [0.5, 0.6) is 0 Å². The predicted molar refractivity (Wildman–Crippen MR) is 66.1 cm³/mol.